The Morgan fingerprint density at radius 1 is 1.31 bits per heavy atom. The number of aromatic nitrogens is 1. The van der Waals surface area contributed by atoms with Crippen molar-refractivity contribution in [2.24, 2.45) is 0 Å². The first-order valence-corrected chi connectivity index (χ1v) is 5.71. The number of nitrogens with zero attached hydrogens (tertiary/aromatic N) is 1. The minimum Gasteiger partial charge on any atom is -0.494 e. The molecule has 0 aliphatic carbocycles. The second kappa shape index (κ2) is 4.22. The molecule has 1 aromatic carbocycles. The van der Waals surface area contributed by atoms with Gasteiger partial charge in [0.2, 0.25) is 0 Å². The van der Waals surface area contributed by atoms with Gasteiger partial charge in [-0.1, -0.05) is 0 Å². The van der Waals surface area contributed by atoms with Crippen LogP contribution < -0.4 is 4.74 Å². The van der Waals surface area contributed by atoms with Crippen LogP contribution in [0.15, 0.2) is 18.2 Å². The molecule has 0 bridgehead atoms. The maximum atomic E-state index is 13.5. The molecule has 0 atom stereocenters. The second-order valence-corrected chi connectivity index (χ2v) is 4.70. The molecule has 0 aliphatic rings. The highest BCUT2D eigenvalue weighted by molar-refractivity contribution is 7.15. The summed E-state index contributed by atoms with van der Waals surface area (Å²) in [5.74, 6) is -0.0758. The molecule has 0 amide bonds. The third-order valence-corrected chi connectivity index (χ3v) is 3.44. The van der Waals surface area contributed by atoms with Crippen molar-refractivity contribution in [2.75, 3.05) is 7.11 Å². The van der Waals surface area contributed by atoms with Crippen molar-refractivity contribution in [2.45, 2.75) is 13.8 Å². The van der Waals surface area contributed by atoms with Crippen LogP contribution in [0.1, 0.15) is 10.7 Å². The van der Waals surface area contributed by atoms with Gasteiger partial charge in [-0.15, -0.1) is 11.3 Å². The molecule has 2 rings (SSSR count). The largest absolute Gasteiger partial charge is 0.494 e. The van der Waals surface area contributed by atoms with Gasteiger partial charge < -0.3 is 4.74 Å². The highest BCUT2D eigenvalue weighted by atomic mass is 32.1. The van der Waals surface area contributed by atoms with Gasteiger partial charge in [0, 0.05) is 0 Å². The smallest absolute Gasteiger partial charge is 0.165 e. The van der Waals surface area contributed by atoms with E-state index in [0.717, 1.165) is 21.1 Å². The Hall–Kier alpha value is -1.42. The Kier molecular flexibility index (Phi) is 2.92. The molecule has 4 heteroatoms. The molecule has 0 saturated heterocycles. The molecule has 0 saturated carbocycles. The summed E-state index contributed by atoms with van der Waals surface area (Å²) in [6.45, 7) is 3.88. The Balaban J connectivity index is 2.49. The fraction of sp³-hybridized carbons (Fsp3) is 0.250. The van der Waals surface area contributed by atoms with Gasteiger partial charge >= 0.3 is 0 Å². The first-order valence-electron chi connectivity index (χ1n) is 4.89. The number of hydrogen-bond acceptors (Lipinski definition) is 3. The first kappa shape index (κ1) is 11.1. The number of benzene rings is 1. The summed E-state index contributed by atoms with van der Waals surface area (Å²) in [6.07, 6.45) is 0. The molecule has 0 aliphatic heterocycles. The molecule has 0 N–H and O–H groups in total. The standard InChI is InChI=1S/C12H12FNOS/c1-7-12(16-8(2)14-7)9-4-5-11(15-3)10(13)6-9/h4-6H,1-3H3. The van der Waals surface area contributed by atoms with Crippen LogP contribution in [0.3, 0.4) is 0 Å². The monoisotopic (exact) mass is 237 g/mol. The third-order valence-electron chi connectivity index (χ3n) is 2.32. The van der Waals surface area contributed by atoms with E-state index in [1.807, 2.05) is 19.9 Å². The van der Waals surface area contributed by atoms with Crippen molar-refractivity contribution >= 4 is 11.3 Å². The predicted octanol–water partition coefficient (Wildman–Crippen LogP) is 3.57. The van der Waals surface area contributed by atoms with E-state index in [1.165, 1.54) is 13.2 Å². The summed E-state index contributed by atoms with van der Waals surface area (Å²) >= 11 is 1.57. The van der Waals surface area contributed by atoms with Gasteiger partial charge in [0.25, 0.3) is 0 Å². The summed E-state index contributed by atoms with van der Waals surface area (Å²) in [7, 11) is 1.46. The number of aryl methyl sites for hydroxylation is 2. The summed E-state index contributed by atoms with van der Waals surface area (Å²) in [5.41, 5.74) is 1.79. The van der Waals surface area contributed by atoms with E-state index in [1.54, 1.807) is 17.4 Å². The van der Waals surface area contributed by atoms with E-state index in [9.17, 15) is 4.39 Å². The van der Waals surface area contributed by atoms with Gasteiger partial charge in [-0.25, -0.2) is 9.37 Å². The van der Waals surface area contributed by atoms with Crippen molar-refractivity contribution in [3.63, 3.8) is 0 Å². The highest BCUT2D eigenvalue weighted by Gasteiger charge is 2.10. The summed E-state index contributed by atoms with van der Waals surface area (Å²) < 4.78 is 18.4. The van der Waals surface area contributed by atoms with Crippen LogP contribution in [0.2, 0.25) is 0 Å². The number of hydrogen-bond donors (Lipinski definition) is 0. The highest BCUT2D eigenvalue weighted by Crippen LogP contribution is 2.32. The molecular formula is C12H12FNOS. The Morgan fingerprint density at radius 3 is 2.56 bits per heavy atom. The zero-order valence-corrected chi connectivity index (χ0v) is 10.2. The molecule has 84 valence electrons. The van der Waals surface area contributed by atoms with Crippen molar-refractivity contribution in [3.05, 3.63) is 34.7 Å². The van der Waals surface area contributed by atoms with Gasteiger partial charge in [-0.2, -0.15) is 0 Å². The summed E-state index contributed by atoms with van der Waals surface area (Å²) in [5, 5.41) is 0.990. The van der Waals surface area contributed by atoms with E-state index in [0.29, 0.717) is 0 Å². The minimum atomic E-state index is -0.342. The molecule has 0 spiro atoms. The average Bonchev–Trinajstić information content (AvgIpc) is 2.58. The average molecular weight is 237 g/mol. The maximum absolute atomic E-state index is 13.5. The molecule has 0 fully saturated rings. The second-order valence-electron chi connectivity index (χ2n) is 3.50. The number of halogens is 1. The van der Waals surface area contributed by atoms with Gasteiger partial charge in [-0.3, -0.25) is 0 Å². The Morgan fingerprint density at radius 2 is 2.06 bits per heavy atom. The summed E-state index contributed by atoms with van der Waals surface area (Å²) in [6, 6.07) is 4.97. The number of methoxy groups -OCH3 is 1. The fourth-order valence-electron chi connectivity index (χ4n) is 1.61. The predicted molar refractivity (Wildman–Crippen MR) is 63.5 cm³/mol. The molecule has 0 radical (unpaired) electrons. The molecule has 1 aromatic heterocycles. The van der Waals surface area contributed by atoms with E-state index in [4.69, 9.17) is 4.74 Å². The van der Waals surface area contributed by atoms with Crippen molar-refractivity contribution in [3.8, 4) is 16.2 Å². The SMILES string of the molecule is COc1ccc(-c2sc(C)nc2C)cc1F. The lowest BCUT2D eigenvalue weighted by atomic mass is 10.1. The van der Waals surface area contributed by atoms with E-state index in [-0.39, 0.29) is 11.6 Å². The third kappa shape index (κ3) is 1.93. The van der Waals surface area contributed by atoms with Gasteiger partial charge in [0.15, 0.2) is 11.6 Å². The zero-order chi connectivity index (χ0) is 11.7. The maximum Gasteiger partial charge on any atom is 0.165 e. The number of thiazole rings is 1. The quantitative estimate of drug-likeness (QED) is 0.796. The van der Waals surface area contributed by atoms with E-state index in [2.05, 4.69) is 4.98 Å². The zero-order valence-electron chi connectivity index (χ0n) is 9.37. The van der Waals surface area contributed by atoms with E-state index >= 15 is 0 Å². The molecule has 0 unspecified atom stereocenters. The van der Waals surface area contributed by atoms with Crippen molar-refractivity contribution < 1.29 is 9.13 Å². The minimum absolute atomic E-state index is 0.266. The number of ether oxygens (including phenoxy) is 1. The van der Waals surface area contributed by atoms with Gasteiger partial charge in [-0.05, 0) is 37.6 Å². The van der Waals surface area contributed by atoms with Crippen molar-refractivity contribution in [1.29, 1.82) is 0 Å². The first-order chi connectivity index (χ1) is 7.61. The summed E-state index contributed by atoms with van der Waals surface area (Å²) in [4.78, 5) is 5.34. The molecule has 1 heterocycles. The van der Waals surface area contributed by atoms with Crippen LogP contribution in [0.25, 0.3) is 10.4 Å². The molecular weight excluding hydrogens is 225 g/mol. The lowest BCUT2D eigenvalue weighted by molar-refractivity contribution is 0.386. The van der Waals surface area contributed by atoms with E-state index < -0.39 is 0 Å². The lowest BCUT2D eigenvalue weighted by Crippen LogP contribution is -1.88. The van der Waals surface area contributed by atoms with Crippen molar-refractivity contribution in [1.82, 2.24) is 4.98 Å². The molecule has 2 aromatic rings. The van der Waals surface area contributed by atoms with Crippen LogP contribution in [0.4, 0.5) is 4.39 Å². The Bertz CT molecular complexity index is 522. The molecule has 16 heavy (non-hydrogen) atoms. The topological polar surface area (TPSA) is 22.1 Å². The van der Waals surface area contributed by atoms with Gasteiger partial charge in [0.1, 0.15) is 0 Å². The fourth-order valence-corrected chi connectivity index (χ4v) is 2.52. The lowest BCUT2D eigenvalue weighted by Gasteiger charge is -2.03. The number of rotatable bonds is 2. The van der Waals surface area contributed by atoms with Crippen LogP contribution in [-0.2, 0) is 0 Å². The normalized spacial score (nSPS) is 10.5. The molecule has 2 nitrogen and oxygen atoms in total. The van der Waals surface area contributed by atoms with Crippen LogP contribution in [0.5, 0.6) is 5.75 Å². The van der Waals surface area contributed by atoms with Crippen LogP contribution >= 0.6 is 11.3 Å². The van der Waals surface area contributed by atoms with Crippen LogP contribution in [0, 0.1) is 19.7 Å². The Labute approximate surface area is 97.7 Å². The van der Waals surface area contributed by atoms with Crippen LogP contribution in [-0.4, -0.2) is 12.1 Å². The van der Waals surface area contributed by atoms with Gasteiger partial charge in [0.05, 0.1) is 22.7 Å².